The van der Waals surface area contributed by atoms with Gasteiger partial charge in [0.1, 0.15) is 0 Å². The van der Waals surface area contributed by atoms with Crippen LogP contribution in [-0.2, 0) is 4.79 Å². The Morgan fingerprint density at radius 2 is 2.03 bits per heavy atom. The quantitative estimate of drug-likeness (QED) is 0.553. The Morgan fingerprint density at radius 3 is 2.73 bits per heavy atom. The molecule has 0 unspecified atom stereocenters. The molecule has 30 heavy (non-hydrogen) atoms. The minimum absolute atomic E-state index is 0.0817. The predicted molar refractivity (Wildman–Crippen MR) is 119 cm³/mol. The summed E-state index contributed by atoms with van der Waals surface area (Å²) in [5.41, 5.74) is -2.05. The van der Waals surface area contributed by atoms with Crippen molar-refractivity contribution in [2.24, 2.45) is 22.7 Å². The number of halogens is 2. The van der Waals surface area contributed by atoms with Crippen molar-refractivity contribution in [1.82, 2.24) is 0 Å². The highest BCUT2D eigenvalue weighted by molar-refractivity contribution is 8.00. The number of hydrogen-bond donors (Lipinski definition) is 1. The van der Waals surface area contributed by atoms with Crippen LogP contribution in [0.2, 0.25) is 0 Å². The van der Waals surface area contributed by atoms with Gasteiger partial charge in [-0.2, -0.15) is 11.8 Å². The van der Waals surface area contributed by atoms with Crippen molar-refractivity contribution in [2.45, 2.75) is 88.7 Å². The molecule has 0 saturated heterocycles. The average Bonchev–Trinajstić information content (AvgIpc) is 2.99. The summed E-state index contributed by atoms with van der Waals surface area (Å²) in [5, 5.41) is 11.4. The number of hydrogen-bond acceptors (Lipinski definition) is 3. The first-order chi connectivity index (χ1) is 14.2. The van der Waals surface area contributed by atoms with Gasteiger partial charge in [0.2, 0.25) is 0 Å². The van der Waals surface area contributed by atoms with E-state index in [1.165, 1.54) is 6.08 Å². The molecule has 0 bridgehead atoms. The van der Waals surface area contributed by atoms with E-state index in [1.807, 2.05) is 6.92 Å². The number of ketones is 1. The molecule has 168 valence electrons. The van der Waals surface area contributed by atoms with Crippen LogP contribution in [0.4, 0.5) is 8.78 Å². The Hall–Kier alpha value is -0.680. The van der Waals surface area contributed by atoms with Gasteiger partial charge in [0.25, 0.3) is 0 Å². The molecule has 5 heteroatoms. The van der Waals surface area contributed by atoms with E-state index < -0.39 is 17.2 Å². The molecule has 0 spiro atoms. The van der Waals surface area contributed by atoms with Gasteiger partial charge in [0, 0.05) is 21.8 Å². The van der Waals surface area contributed by atoms with E-state index in [1.54, 1.807) is 23.9 Å². The molecule has 7 atom stereocenters. The lowest BCUT2D eigenvalue weighted by molar-refractivity contribution is -0.192. The number of thioether (sulfide) groups is 1. The van der Waals surface area contributed by atoms with Crippen molar-refractivity contribution in [3.8, 4) is 0 Å². The Kier molecular flexibility index (Phi) is 5.79. The average molecular weight is 439 g/mol. The molecule has 4 rings (SSSR count). The van der Waals surface area contributed by atoms with E-state index in [4.69, 9.17) is 0 Å². The molecule has 1 N–H and O–H groups in total. The number of carbonyl (C=O) groups excluding carboxylic acids is 1. The predicted octanol–water partition coefficient (Wildman–Crippen LogP) is 5.99. The van der Waals surface area contributed by atoms with Crippen LogP contribution in [-0.4, -0.2) is 39.8 Å². The monoisotopic (exact) mass is 438 g/mol. The van der Waals surface area contributed by atoms with Crippen LogP contribution in [0.25, 0.3) is 0 Å². The van der Waals surface area contributed by atoms with Crippen molar-refractivity contribution in [2.75, 3.05) is 12.4 Å². The summed E-state index contributed by atoms with van der Waals surface area (Å²) in [6.07, 6.45) is 10.6. The molecule has 0 aliphatic heterocycles. The number of rotatable bonds is 6. The number of fused-ring (bicyclic) bond motifs is 5. The Bertz CT molecular complexity index is 756. The zero-order valence-electron chi connectivity index (χ0n) is 18.6. The van der Waals surface area contributed by atoms with Gasteiger partial charge in [-0.05, 0) is 68.9 Å². The van der Waals surface area contributed by atoms with Gasteiger partial charge in [-0.25, -0.2) is 4.39 Å². The topological polar surface area (TPSA) is 37.3 Å². The third-order valence-electron chi connectivity index (χ3n) is 9.32. The summed E-state index contributed by atoms with van der Waals surface area (Å²) in [4.78, 5) is 11.9. The highest BCUT2D eigenvalue weighted by Crippen LogP contribution is 2.72. The van der Waals surface area contributed by atoms with Gasteiger partial charge in [0.15, 0.2) is 11.5 Å². The summed E-state index contributed by atoms with van der Waals surface area (Å²) in [6, 6.07) is 0. The van der Waals surface area contributed by atoms with Crippen LogP contribution in [0.1, 0.15) is 72.1 Å². The summed E-state index contributed by atoms with van der Waals surface area (Å²) >= 11 is 1.74. The molecule has 0 aromatic heterocycles. The highest BCUT2D eigenvalue weighted by Gasteiger charge is 2.72. The maximum absolute atomic E-state index is 17.1. The summed E-state index contributed by atoms with van der Waals surface area (Å²) in [5.74, 6) is 0.338. The molecule has 0 heterocycles. The van der Waals surface area contributed by atoms with E-state index in [2.05, 4.69) is 13.8 Å². The fourth-order valence-corrected chi connectivity index (χ4v) is 9.29. The van der Waals surface area contributed by atoms with Crippen molar-refractivity contribution < 1.29 is 18.7 Å². The van der Waals surface area contributed by atoms with Crippen LogP contribution < -0.4 is 0 Å². The highest BCUT2D eigenvalue weighted by atomic mass is 32.2. The molecule has 4 aliphatic carbocycles. The zero-order chi connectivity index (χ0) is 21.8. The fraction of sp³-hybridized carbons (Fsp3) is 0.800. The SMILES string of the molecule is CCCC[C@]1(SCCF)CC[C@H]2[C@@H]3CCC4=CC(=O)C=C[C@]4(C)[C@@]3(F)[C@@H](O)C[C@@]21C. The lowest BCUT2D eigenvalue weighted by Crippen LogP contribution is -2.67. The number of allylic oxidation sites excluding steroid dienone is 4. The van der Waals surface area contributed by atoms with Crippen LogP contribution in [0.5, 0.6) is 0 Å². The number of unbranched alkanes of at least 4 members (excludes halogenated alkanes) is 1. The van der Waals surface area contributed by atoms with Gasteiger partial charge in [-0.15, -0.1) is 0 Å². The number of aliphatic hydroxyl groups is 1. The standard InChI is InChI=1S/C25H36F2O2S/c1-4-5-10-24(30-14-13-26)12-9-19-20-7-6-17-15-18(28)8-11-22(17,2)25(20,27)21(29)16-23(19,24)3/h8,11,15,19-21,29H,4-7,9-10,12-14,16H2,1-3H3/t19-,20-,21-,22-,23-,24-,25-/m0/s1. The first-order valence-corrected chi connectivity index (χ1v) is 12.7. The van der Waals surface area contributed by atoms with E-state index in [-0.39, 0.29) is 34.5 Å². The van der Waals surface area contributed by atoms with Gasteiger partial charge >= 0.3 is 0 Å². The maximum Gasteiger partial charge on any atom is 0.178 e. The van der Waals surface area contributed by atoms with Crippen LogP contribution >= 0.6 is 11.8 Å². The molecular formula is C25H36F2O2S. The molecule has 4 aliphatic rings. The Labute approximate surface area is 184 Å². The molecule has 0 aromatic carbocycles. The van der Waals surface area contributed by atoms with Crippen LogP contribution in [0, 0.1) is 22.7 Å². The van der Waals surface area contributed by atoms with Crippen molar-refractivity contribution in [1.29, 1.82) is 0 Å². The van der Waals surface area contributed by atoms with Crippen LogP contribution in [0.3, 0.4) is 0 Å². The van der Waals surface area contributed by atoms with E-state index >= 15 is 4.39 Å². The smallest absolute Gasteiger partial charge is 0.178 e. The van der Waals surface area contributed by atoms with Crippen molar-refractivity contribution in [3.63, 3.8) is 0 Å². The molecule has 0 radical (unpaired) electrons. The molecule has 3 saturated carbocycles. The van der Waals surface area contributed by atoms with Crippen molar-refractivity contribution in [3.05, 3.63) is 23.8 Å². The molecule has 0 aromatic rings. The lowest BCUT2D eigenvalue weighted by Gasteiger charge is -2.63. The van der Waals surface area contributed by atoms with Gasteiger partial charge in [-0.3, -0.25) is 9.18 Å². The molecule has 2 nitrogen and oxygen atoms in total. The van der Waals surface area contributed by atoms with E-state index in [0.717, 1.165) is 37.7 Å². The molecular weight excluding hydrogens is 402 g/mol. The molecule has 3 fully saturated rings. The number of carbonyl (C=O) groups is 1. The summed E-state index contributed by atoms with van der Waals surface area (Å²) in [7, 11) is 0. The largest absolute Gasteiger partial charge is 0.390 e. The molecule has 0 amide bonds. The maximum atomic E-state index is 17.1. The third-order valence-corrected chi connectivity index (χ3v) is 11.1. The Balaban J connectivity index is 1.74. The van der Waals surface area contributed by atoms with Gasteiger partial charge < -0.3 is 5.11 Å². The second-order valence-electron chi connectivity index (χ2n) is 10.4. The van der Waals surface area contributed by atoms with E-state index in [9.17, 15) is 14.3 Å². The first-order valence-electron chi connectivity index (χ1n) is 11.7. The lowest BCUT2D eigenvalue weighted by atomic mass is 9.45. The fourth-order valence-electron chi connectivity index (χ4n) is 7.70. The van der Waals surface area contributed by atoms with Gasteiger partial charge in [0.05, 0.1) is 12.8 Å². The second-order valence-corrected chi connectivity index (χ2v) is 11.9. The third kappa shape index (κ3) is 2.86. The van der Waals surface area contributed by atoms with Crippen LogP contribution in [0.15, 0.2) is 23.8 Å². The normalized spacial score (nSPS) is 47.5. The zero-order valence-corrected chi connectivity index (χ0v) is 19.4. The van der Waals surface area contributed by atoms with E-state index in [0.29, 0.717) is 25.0 Å². The summed E-state index contributed by atoms with van der Waals surface area (Å²) in [6.45, 7) is 5.96. The minimum Gasteiger partial charge on any atom is -0.390 e. The van der Waals surface area contributed by atoms with Gasteiger partial charge in [-0.1, -0.05) is 38.3 Å². The summed E-state index contributed by atoms with van der Waals surface area (Å²) < 4.78 is 30.2. The first kappa shape index (κ1) is 22.5. The minimum atomic E-state index is -1.76. The van der Waals surface area contributed by atoms with Crippen molar-refractivity contribution >= 4 is 17.5 Å². The second kappa shape index (κ2) is 7.72. The number of aliphatic hydroxyl groups excluding tert-OH is 1. The Morgan fingerprint density at radius 1 is 1.27 bits per heavy atom. The number of alkyl halides is 2.